The summed E-state index contributed by atoms with van der Waals surface area (Å²) in [6.07, 6.45) is 9.55. The monoisotopic (exact) mass is 832 g/mol. The van der Waals surface area contributed by atoms with Gasteiger partial charge in [0.25, 0.3) is 0 Å². The van der Waals surface area contributed by atoms with Gasteiger partial charge in [-0.05, 0) is 37.8 Å². The lowest BCUT2D eigenvalue weighted by molar-refractivity contribution is -0.196. The number of aliphatic carboxylic acids is 4. The van der Waals surface area contributed by atoms with Gasteiger partial charge in [0.05, 0.1) is 33.6 Å². The number of allylic oxidation sites excluding steroid dienone is 4. The largest absolute Gasteiger partial charge is 0.481 e. The van der Waals surface area contributed by atoms with E-state index in [9.17, 15) is 58.8 Å². The minimum absolute atomic E-state index is 0.140. The second-order valence-electron chi connectivity index (χ2n) is 12.8. The predicted octanol–water partition coefficient (Wildman–Crippen LogP) is 6.20. The molecule has 1 aliphatic carbocycles. The third-order valence-electron chi connectivity index (χ3n) is 9.42. The molecule has 3 atom stereocenters. The fourth-order valence-corrected chi connectivity index (χ4v) is 7.21. The van der Waals surface area contributed by atoms with Crippen LogP contribution in [0.4, 0.5) is 0 Å². The fourth-order valence-electron chi connectivity index (χ4n) is 7.21. The lowest BCUT2D eigenvalue weighted by Gasteiger charge is -2.59. The molecule has 0 radical (unpaired) electrons. The Morgan fingerprint density at radius 3 is 1.07 bits per heavy atom. The molecule has 0 amide bonds. The topological polar surface area (TPSA) is 254 Å². The number of hydrogen-bond acceptors (Lipinski definition) is 12. The average molecular weight is 833 g/mol. The van der Waals surface area contributed by atoms with Crippen molar-refractivity contribution < 1.29 is 77.7 Å². The molecule has 0 spiro atoms. The van der Waals surface area contributed by atoms with Gasteiger partial charge < -0.3 is 39.4 Å². The van der Waals surface area contributed by atoms with E-state index in [0.717, 1.165) is 18.2 Å². The first-order valence-electron chi connectivity index (χ1n) is 17.8. The summed E-state index contributed by atoms with van der Waals surface area (Å²) >= 11 is 0. The van der Waals surface area contributed by atoms with Crippen molar-refractivity contribution in [1.29, 1.82) is 0 Å². The van der Waals surface area contributed by atoms with Gasteiger partial charge in [0.15, 0.2) is 0 Å². The van der Waals surface area contributed by atoms with E-state index in [1.807, 2.05) is 0 Å². The molecule has 1 aliphatic rings. The third kappa shape index (κ3) is 10.4. The van der Waals surface area contributed by atoms with Crippen molar-refractivity contribution in [2.24, 2.45) is 22.2 Å². The van der Waals surface area contributed by atoms with E-state index in [1.165, 1.54) is 48.6 Å². The van der Waals surface area contributed by atoms with Gasteiger partial charge in [0.2, 0.25) is 0 Å². The van der Waals surface area contributed by atoms with Crippen LogP contribution in [0.5, 0.6) is 0 Å². The summed E-state index contributed by atoms with van der Waals surface area (Å²) in [4.78, 5) is 99.7. The van der Waals surface area contributed by atoms with Gasteiger partial charge in [-0.3, -0.25) is 14.4 Å². The molecule has 16 nitrogen and oxygen atoms in total. The number of ether oxygens (including phenoxy) is 4. The lowest BCUT2D eigenvalue weighted by Crippen LogP contribution is -2.66. The Hall–Kier alpha value is -7.36. The molecule has 1 aromatic carbocycles. The standard InChI is InChI=1S/C22H22O8.C22H26O8/c1-5-9-27-19(23)15-13-17(21(25)29-11-7-3)18(22(26)30-12-8-4)14-16(15)20(24)28-10-6-2;1-5-9-20(10-6-2)15(17(25)26)14(16(23)24)13-21(11-7-3,18(27)28)22(20,12-8-4)19(29)30/h5-8,13-14H,1-4,9-12H2;5-8,13,15H,1-4,9-12H2,(H,23,24)(H,25,26)(H,27,28)(H,29,30). The molecule has 320 valence electrons. The van der Waals surface area contributed by atoms with Crippen LogP contribution >= 0.6 is 0 Å². The maximum absolute atomic E-state index is 12.9. The molecule has 0 heterocycles. The summed E-state index contributed by atoms with van der Waals surface area (Å²) < 4.78 is 19.9. The van der Waals surface area contributed by atoms with Crippen LogP contribution in [0, 0.1) is 22.2 Å². The first-order valence-corrected chi connectivity index (χ1v) is 17.8. The number of benzene rings is 1. The zero-order chi connectivity index (χ0) is 45.8. The van der Waals surface area contributed by atoms with E-state index in [0.29, 0.717) is 0 Å². The van der Waals surface area contributed by atoms with Crippen LogP contribution in [0.15, 0.2) is 125 Å². The van der Waals surface area contributed by atoms with Crippen LogP contribution in [0.2, 0.25) is 0 Å². The summed E-state index contributed by atoms with van der Waals surface area (Å²) in [5, 5.41) is 40.5. The molecular weight excluding hydrogens is 784 g/mol. The van der Waals surface area contributed by atoms with Crippen molar-refractivity contribution in [1.82, 2.24) is 0 Å². The highest BCUT2D eigenvalue weighted by atomic mass is 16.5. The van der Waals surface area contributed by atoms with Crippen LogP contribution in [0.1, 0.15) is 67.1 Å². The summed E-state index contributed by atoms with van der Waals surface area (Å²) in [6, 6.07) is 2.04. The molecule has 3 unspecified atom stereocenters. The summed E-state index contributed by atoms with van der Waals surface area (Å²) in [7, 11) is 0. The van der Waals surface area contributed by atoms with Crippen molar-refractivity contribution in [3.63, 3.8) is 0 Å². The molecular formula is C44H48O16. The molecule has 0 aliphatic heterocycles. The normalized spacial score (nSPS) is 18.4. The van der Waals surface area contributed by atoms with Crippen LogP contribution < -0.4 is 0 Å². The molecule has 16 heteroatoms. The van der Waals surface area contributed by atoms with E-state index in [1.54, 1.807) is 0 Å². The van der Waals surface area contributed by atoms with E-state index in [2.05, 4.69) is 52.6 Å². The van der Waals surface area contributed by atoms with Gasteiger partial charge in [0.1, 0.15) is 31.8 Å². The average Bonchev–Trinajstić information content (AvgIpc) is 3.20. The smallest absolute Gasteiger partial charge is 0.339 e. The highest BCUT2D eigenvalue weighted by Gasteiger charge is 2.74. The second-order valence-corrected chi connectivity index (χ2v) is 12.8. The number of hydrogen-bond donors (Lipinski definition) is 4. The third-order valence-corrected chi connectivity index (χ3v) is 9.42. The van der Waals surface area contributed by atoms with Crippen molar-refractivity contribution in [3.05, 3.63) is 147 Å². The minimum atomic E-state index is -2.31. The van der Waals surface area contributed by atoms with E-state index < -0.39 is 88.3 Å². The van der Waals surface area contributed by atoms with Gasteiger partial charge in [-0.15, -0.1) is 26.3 Å². The molecule has 0 saturated heterocycles. The minimum Gasteiger partial charge on any atom is -0.481 e. The quantitative estimate of drug-likeness (QED) is 0.0514. The Balaban J connectivity index is 0.000000600. The second kappa shape index (κ2) is 23.1. The molecule has 4 N–H and O–H groups in total. The molecule has 0 aromatic heterocycles. The molecule has 1 aromatic rings. The number of carbonyl (C=O) groups excluding carboxylic acids is 4. The van der Waals surface area contributed by atoms with E-state index in [4.69, 9.17) is 18.9 Å². The molecule has 0 saturated carbocycles. The first-order chi connectivity index (χ1) is 28.4. The Labute approximate surface area is 346 Å². The number of carbonyl (C=O) groups is 8. The Morgan fingerprint density at radius 2 is 0.833 bits per heavy atom. The number of esters is 4. The number of carboxylic acid groups (broad SMARTS) is 4. The van der Waals surface area contributed by atoms with Crippen LogP contribution in [-0.2, 0) is 38.1 Å². The van der Waals surface area contributed by atoms with E-state index >= 15 is 0 Å². The number of carboxylic acids is 4. The van der Waals surface area contributed by atoms with Crippen molar-refractivity contribution >= 4 is 47.8 Å². The van der Waals surface area contributed by atoms with Gasteiger partial charge in [0, 0.05) is 11.0 Å². The van der Waals surface area contributed by atoms with Gasteiger partial charge in [-0.1, -0.05) is 81.0 Å². The number of rotatable bonds is 24. The fraction of sp³-hybridized carbons (Fsp3) is 0.273. The summed E-state index contributed by atoms with van der Waals surface area (Å²) in [6.45, 7) is 27.4. The Morgan fingerprint density at radius 1 is 0.500 bits per heavy atom. The van der Waals surface area contributed by atoms with Crippen molar-refractivity contribution in [2.45, 2.75) is 25.7 Å². The van der Waals surface area contributed by atoms with Crippen molar-refractivity contribution in [2.75, 3.05) is 26.4 Å². The Bertz CT molecular complexity index is 1840. The van der Waals surface area contributed by atoms with E-state index in [-0.39, 0.29) is 61.5 Å². The van der Waals surface area contributed by atoms with Gasteiger partial charge >= 0.3 is 47.8 Å². The highest BCUT2D eigenvalue weighted by molar-refractivity contribution is 6.10. The first kappa shape index (κ1) is 50.7. The van der Waals surface area contributed by atoms with Gasteiger partial charge in [-0.25, -0.2) is 24.0 Å². The van der Waals surface area contributed by atoms with Crippen LogP contribution in [0.3, 0.4) is 0 Å². The Kier molecular flexibility index (Phi) is 19.5. The summed E-state index contributed by atoms with van der Waals surface area (Å²) in [5.41, 5.74) is -8.38. The van der Waals surface area contributed by atoms with Crippen LogP contribution in [0.25, 0.3) is 0 Å². The highest BCUT2D eigenvalue weighted by Crippen LogP contribution is 2.68. The predicted molar refractivity (Wildman–Crippen MR) is 217 cm³/mol. The van der Waals surface area contributed by atoms with Crippen LogP contribution in [-0.4, -0.2) is 94.6 Å². The zero-order valence-corrected chi connectivity index (χ0v) is 32.9. The molecule has 2 rings (SSSR count). The maximum atomic E-state index is 12.9. The molecule has 0 fully saturated rings. The molecule has 60 heavy (non-hydrogen) atoms. The van der Waals surface area contributed by atoms with Crippen molar-refractivity contribution in [3.8, 4) is 0 Å². The molecule has 0 bridgehead atoms. The van der Waals surface area contributed by atoms with Gasteiger partial charge in [-0.2, -0.15) is 0 Å². The summed E-state index contributed by atoms with van der Waals surface area (Å²) in [5.74, 6) is -12.0. The lowest BCUT2D eigenvalue weighted by atomic mass is 9.39. The zero-order valence-electron chi connectivity index (χ0n) is 32.9. The maximum Gasteiger partial charge on any atom is 0.339 e. The SMILES string of the molecule is C=CCC1(C(=O)O)C=C(C(=O)O)C(C(=O)O)C(CC=C)(CC=C)C1(CC=C)C(=O)O.C=CCOC(=O)c1cc(C(=O)OCC=C)c(C(=O)OCC=C)cc1C(=O)OCC=C.